The third-order valence-corrected chi connectivity index (χ3v) is 4.43. The maximum Gasteiger partial charge on any atom is 0.240 e. The van der Waals surface area contributed by atoms with Crippen molar-refractivity contribution >= 4 is 21.6 Å². The second-order valence-corrected chi connectivity index (χ2v) is 6.42. The Balaban J connectivity index is 3.17. The number of sulfonamides is 1. The number of amides is 1. The lowest BCUT2D eigenvalue weighted by Gasteiger charge is -2.15. The van der Waals surface area contributed by atoms with Crippen molar-refractivity contribution in [2.45, 2.75) is 45.1 Å². The van der Waals surface area contributed by atoms with E-state index >= 15 is 0 Å². The first kappa shape index (κ1) is 17.5. The largest absolute Gasteiger partial charge is 0.492 e. The lowest BCUT2D eigenvalue weighted by Crippen LogP contribution is -2.32. The van der Waals surface area contributed by atoms with Gasteiger partial charge in [-0.25, -0.2) is 13.1 Å². The zero-order valence-electron chi connectivity index (χ0n) is 12.8. The van der Waals surface area contributed by atoms with Crippen LogP contribution in [0.2, 0.25) is 0 Å². The van der Waals surface area contributed by atoms with Crippen molar-refractivity contribution in [3.63, 3.8) is 0 Å². The molecule has 0 aliphatic heterocycles. The molecule has 0 aromatic heterocycles. The van der Waals surface area contributed by atoms with Gasteiger partial charge in [0, 0.05) is 13.0 Å². The van der Waals surface area contributed by atoms with Crippen LogP contribution in [0.5, 0.6) is 5.75 Å². The highest BCUT2D eigenvalue weighted by Gasteiger charge is 2.19. The van der Waals surface area contributed by atoms with E-state index in [1.807, 2.05) is 13.8 Å². The molecule has 21 heavy (non-hydrogen) atoms. The molecular formula is C14H22N2O4S. The highest BCUT2D eigenvalue weighted by Crippen LogP contribution is 2.28. The van der Waals surface area contributed by atoms with E-state index in [-0.39, 0.29) is 16.8 Å². The molecule has 0 unspecified atom stereocenters. The first-order chi connectivity index (χ1) is 9.80. The Morgan fingerprint density at radius 3 is 2.52 bits per heavy atom. The molecule has 0 aliphatic rings. The van der Waals surface area contributed by atoms with Crippen molar-refractivity contribution in [2.75, 3.05) is 11.9 Å². The summed E-state index contributed by atoms with van der Waals surface area (Å²) in [6, 6.07) is 4.24. The summed E-state index contributed by atoms with van der Waals surface area (Å²) >= 11 is 0. The molecule has 0 saturated heterocycles. The van der Waals surface area contributed by atoms with Crippen LogP contribution in [0, 0.1) is 0 Å². The van der Waals surface area contributed by atoms with Crippen molar-refractivity contribution in [2.24, 2.45) is 0 Å². The number of benzene rings is 1. The zero-order chi connectivity index (χ0) is 16.0. The van der Waals surface area contributed by atoms with Crippen molar-refractivity contribution < 1.29 is 17.9 Å². The molecule has 1 atom stereocenters. The fraction of sp³-hybridized carbons (Fsp3) is 0.500. The molecule has 0 radical (unpaired) electrons. The van der Waals surface area contributed by atoms with E-state index in [0.29, 0.717) is 24.5 Å². The summed E-state index contributed by atoms with van der Waals surface area (Å²) < 4.78 is 32.4. The van der Waals surface area contributed by atoms with E-state index in [1.54, 1.807) is 13.0 Å². The highest BCUT2D eigenvalue weighted by atomic mass is 32.2. The number of nitrogens with one attached hydrogen (secondary N) is 2. The quantitative estimate of drug-likeness (QED) is 0.807. The topological polar surface area (TPSA) is 84.5 Å². The molecule has 1 aromatic rings. The Kier molecular flexibility index (Phi) is 6.17. The second-order valence-electron chi connectivity index (χ2n) is 4.70. The molecule has 0 saturated carbocycles. The number of rotatable bonds is 7. The summed E-state index contributed by atoms with van der Waals surface area (Å²) in [6.45, 7) is 7.28. The van der Waals surface area contributed by atoms with Crippen LogP contribution in [0.4, 0.5) is 5.69 Å². The minimum atomic E-state index is -3.62. The van der Waals surface area contributed by atoms with E-state index in [9.17, 15) is 13.2 Å². The lowest BCUT2D eigenvalue weighted by atomic mass is 10.3. The van der Waals surface area contributed by atoms with Crippen molar-refractivity contribution in [1.29, 1.82) is 0 Å². The molecule has 1 aromatic carbocycles. The van der Waals surface area contributed by atoms with E-state index in [2.05, 4.69) is 10.0 Å². The van der Waals surface area contributed by atoms with Gasteiger partial charge in [0.05, 0.1) is 17.2 Å². The van der Waals surface area contributed by atoms with Crippen LogP contribution in [0.3, 0.4) is 0 Å². The van der Waals surface area contributed by atoms with Crippen LogP contribution in [-0.2, 0) is 14.8 Å². The average molecular weight is 314 g/mol. The summed E-state index contributed by atoms with van der Waals surface area (Å²) in [6.07, 6.45) is 0.689. The predicted octanol–water partition coefficient (Wildman–Crippen LogP) is 2.12. The number of carbonyl (C=O) groups is 1. The SMILES string of the molecule is CCOc1ccc(S(=O)(=O)N[C@@H](C)CC)cc1NC(C)=O. The highest BCUT2D eigenvalue weighted by molar-refractivity contribution is 7.89. The molecule has 6 nitrogen and oxygen atoms in total. The molecule has 1 rings (SSSR count). The van der Waals surface area contributed by atoms with Gasteiger partial charge in [0.1, 0.15) is 5.75 Å². The van der Waals surface area contributed by atoms with Gasteiger partial charge in [-0.15, -0.1) is 0 Å². The summed E-state index contributed by atoms with van der Waals surface area (Å²) in [7, 11) is -3.62. The smallest absolute Gasteiger partial charge is 0.240 e. The van der Waals surface area contributed by atoms with Gasteiger partial charge in [0.15, 0.2) is 0 Å². The number of hydrogen-bond donors (Lipinski definition) is 2. The van der Waals surface area contributed by atoms with Gasteiger partial charge in [-0.1, -0.05) is 6.92 Å². The summed E-state index contributed by atoms with van der Waals surface area (Å²) in [5, 5.41) is 2.58. The maximum atomic E-state index is 12.2. The van der Waals surface area contributed by atoms with Crippen molar-refractivity contribution in [3.8, 4) is 5.75 Å². The molecular weight excluding hydrogens is 292 g/mol. The van der Waals surface area contributed by atoms with Gasteiger partial charge in [0.2, 0.25) is 15.9 Å². The molecule has 7 heteroatoms. The summed E-state index contributed by atoms with van der Waals surface area (Å²) in [5.74, 6) is 0.149. The fourth-order valence-electron chi connectivity index (χ4n) is 1.66. The Morgan fingerprint density at radius 1 is 1.33 bits per heavy atom. The predicted molar refractivity (Wildman–Crippen MR) is 82.0 cm³/mol. The normalized spacial score (nSPS) is 12.8. The summed E-state index contributed by atoms with van der Waals surface area (Å²) in [5.41, 5.74) is 0.344. The lowest BCUT2D eigenvalue weighted by molar-refractivity contribution is -0.114. The van der Waals surface area contributed by atoms with E-state index in [1.165, 1.54) is 19.1 Å². The number of anilines is 1. The minimum Gasteiger partial charge on any atom is -0.492 e. The third-order valence-electron chi connectivity index (χ3n) is 2.84. The third kappa shape index (κ3) is 5.02. The van der Waals surface area contributed by atoms with Gasteiger partial charge < -0.3 is 10.1 Å². The average Bonchev–Trinajstić information content (AvgIpc) is 2.39. The minimum absolute atomic E-state index is 0.0926. The monoisotopic (exact) mass is 314 g/mol. The molecule has 0 heterocycles. The molecule has 118 valence electrons. The van der Waals surface area contributed by atoms with Crippen LogP contribution in [0.25, 0.3) is 0 Å². The Morgan fingerprint density at radius 2 is 2.00 bits per heavy atom. The van der Waals surface area contributed by atoms with Gasteiger partial charge in [0.25, 0.3) is 0 Å². The van der Waals surface area contributed by atoms with Crippen LogP contribution in [0.15, 0.2) is 23.1 Å². The zero-order valence-corrected chi connectivity index (χ0v) is 13.6. The maximum absolute atomic E-state index is 12.2. The van der Waals surface area contributed by atoms with Crippen molar-refractivity contribution in [3.05, 3.63) is 18.2 Å². The van der Waals surface area contributed by atoms with Crippen LogP contribution < -0.4 is 14.8 Å². The van der Waals surface area contributed by atoms with Crippen LogP contribution >= 0.6 is 0 Å². The number of ether oxygens (including phenoxy) is 1. The number of hydrogen-bond acceptors (Lipinski definition) is 4. The Hall–Kier alpha value is -1.60. The van der Waals surface area contributed by atoms with Gasteiger partial charge in [-0.2, -0.15) is 0 Å². The van der Waals surface area contributed by atoms with Gasteiger partial charge in [-0.3, -0.25) is 4.79 Å². The Labute approximate surface area is 125 Å². The Bertz CT molecular complexity index is 599. The fourth-order valence-corrected chi connectivity index (χ4v) is 3.01. The van der Waals surface area contributed by atoms with Gasteiger partial charge >= 0.3 is 0 Å². The van der Waals surface area contributed by atoms with Crippen LogP contribution in [-0.4, -0.2) is 27.0 Å². The molecule has 0 spiro atoms. The summed E-state index contributed by atoms with van der Waals surface area (Å²) in [4.78, 5) is 11.3. The molecule has 0 aliphatic carbocycles. The van der Waals surface area contributed by atoms with Crippen LogP contribution in [0.1, 0.15) is 34.1 Å². The molecule has 0 bridgehead atoms. The van der Waals surface area contributed by atoms with E-state index in [4.69, 9.17) is 4.74 Å². The van der Waals surface area contributed by atoms with E-state index in [0.717, 1.165) is 0 Å². The van der Waals surface area contributed by atoms with Crippen molar-refractivity contribution in [1.82, 2.24) is 4.72 Å². The number of carbonyl (C=O) groups excluding carboxylic acids is 1. The van der Waals surface area contributed by atoms with E-state index < -0.39 is 10.0 Å². The molecule has 2 N–H and O–H groups in total. The first-order valence-electron chi connectivity index (χ1n) is 6.87. The molecule has 0 fully saturated rings. The van der Waals surface area contributed by atoms with Gasteiger partial charge in [-0.05, 0) is 38.5 Å². The molecule has 1 amide bonds. The second kappa shape index (κ2) is 7.42. The standard InChI is InChI=1S/C14H22N2O4S/c1-5-10(3)16-21(18,19)12-7-8-14(20-6-2)13(9-12)15-11(4)17/h7-10,16H,5-6H2,1-4H3,(H,15,17)/t10-/m0/s1. The first-order valence-corrected chi connectivity index (χ1v) is 8.35.